The Morgan fingerprint density at radius 2 is 1.86 bits per heavy atom. The molecule has 4 heteroatoms. The highest BCUT2D eigenvalue weighted by atomic mass is 32.2. The number of rotatable bonds is 1. The second kappa shape index (κ2) is 2.74. The summed E-state index contributed by atoms with van der Waals surface area (Å²) in [4.78, 5) is 0. The first-order chi connectivity index (χ1) is 3.13. The lowest BCUT2D eigenvalue weighted by Crippen LogP contribution is -1.84. The standard InChI is InChI=1S/C3H7NO2S/c1-3(2)4-7(5)6/h3H,1-2H3. The summed E-state index contributed by atoms with van der Waals surface area (Å²) in [6.45, 7) is 3.41. The van der Waals surface area contributed by atoms with Crippen molar-refractivity contribution in [2.24, 2.45) is 4.36 Å². The molecule has 0 fully saturated rings. The normalized spacial score (nSPS) is 9.00. The summed E-state index contributed by atoms with van der Waals surface area (Å²) in [7, 11) is -2.22. The summed E-state index contributed by atoms with van der Waals surface area (Å²) in [5.41, 5.74) is 0. The minimum Gasteiger partial charge on any atom is -0.169 e. The molecule has 0 unspecified atom stereocenters. The van der Waals surface area contributed by atoms with Crippen LogP contribution in [0, 0.1) is 0 Å². The molecule has 0 N–H and O–H groups in total. The van der Waals surface area contributed by atoms with E-state index in [1.54, 1.807) is 13.8 Å². The van der Waals surface area contributed by atoms with Crippen LogP contribution in [0.25, 0.3) is 0 Å². The maximum absolute atomic E-state index is 9.64. The van der Waals surface area contributed by atoms with Gasteiger partial charge in [0.15, 0.2) is 0 Å². The predicted molar refractivity (Wildman–Crippen MR) is 26.5 cm³/mol. The molecule has 0 aromatic heterocycles. The van der Waals surface area contributed by atoms with Gasteiger partial charge in [-0.2, -0.15) is 12.8 Å². The second-order valence-corrected chi connectivity index (χ2v) is 2.06. The van der Waals surface area contributed by atoms with E-state index < -0.39 is 10.5 Å². The summed E-state index contributed by atoms with van der Waals surface area (Å²) in [6, 6.07) is -0.113. The minimum absolute atomic E-state index is 0.113. The average molecular weight is 121 g/mol. The Balaban J connectivity index is 3.96. The van der Waals surface area contributed by atoms with Gasteiger partial charge < -0.3 is 0 Å². The molecule has 0 rings (SSSR count). The van der Waals surface area contributed by atoms with Crippen LogP contribution in [0.15, 0.2) is 4.36 Å². The van der Waals surface area contributed by atoms with Gasteiger partial charge in [-0.1, -0.05) is 0 Å². The maximum atomic E-state index is 9.64. The minimum atomic E-state index is -2.22. The number of hydrogen-bond acceptors (Lipinski definition) is 3. The molecule has 0 radical (unpaired) electrons. The van der Waals surface area contributed by atoms with Gasteiger partial charge in [-0.3, -0.25) is 0 Å². The van der Waals surface area contributed by atoms with E-state index in [1.807, 2.05) is 0 Å². The molecule has 0 bridgehead atoms. The Kier molecular flexibility index (Phi) is 2.59. The van der Waals surface area contributed by atoms with Crippen molar-refractivity contribution < 1.29 is 8.42 Å². The van der Waals surface area contributed by atoms with E-state index in [-0.39, 0.29) is 6.04 Å². The van der Waals surface area contributed by atoms with E-state index >= 15 is 0 Å². The molecule has 42 valence electrons. The third-order valence-electron chi connectivity index (χ3n) is 0.297. The lowest BCUT2D eigenvalue weighted by atomic mass is 10.4. The van der Waals surface area contributed by atoms with Crippen molar-refractivity contribution in [3.05, 3.63) is 0 Å². The van der Waals surface area contributed by atoms with E-state index in [0.717, 1.165) is 0 Å². The Morgan fingerprint density at radius 1 is 1.43 bits per heavy atom. The lowest BCUT2D eigenvalue weighted by Gasteiger charge is -1.82. The Morgan fingerprint density at radius 3 is 1.86 bits per heavy atom. The first-order valence-corrected chi connectivity index (χ1v) is 2.96. The van der Waals surface area contributed by atoms with Crippen LogP contribution in [0.4, 0.5) is 0 Å². The molecule has 3 nitrogen and oxygen atoms in total. The fraction of sp³-hybridized carbons (Fsp3) is 1.00. The van der Waals surface area contributed by atoms with Crippen LogP contribution in [0.3, 0.4) is 0 Å². The smallest absolute Gasteiger partial charge is 0.169 e. The van der Waals surface area contributed by atoms with Crippen molar-refractivity contribution in [1.82, 2.24) is 0 Å². The molecule has 0 saturated heterocycles. The van der Waals surface area contributed by atoms with Gasteiger partial charge in [-0.25, -0.2) is 0 Å². The predicted octanol–water partition coefficient (Wildman–Crippen LogP) is 0.458. The molecule has 0 aliphatic rings. The van der Waals surface area contributed by atoms with E-state index in [2.05, 4.69) is 4.36 Å². The quantitative estimate of drug-likeness (QED) is 0.506. The third-order valence-corrected chi connectivity index (χ3v) is 0.891. The van der Waals surface area contributed by atoms with Crippen LogP contribution in [0.2, 0.25) is 0 Å². The molecule has 0 aliphatic heterocycles. The summed E-state index contributed by atoms with van der Waals surface area (Å²) >= 11 is 0. The van der Waals surface area contributed by atoms with Crippen LogP contribution >= 0.6 is 0 Å². The van der Waals surface area contributed by atoms with Gasteiger partial charge in [0, 0.05) is 0 Å². The first-order valence-electron chi connectivity index (χ1n) is 1.93. The average Bonchev–Trinajstić information content (AvgIpc) is 1.27. The number of hydrogen-bond donors (Lipinski definition) is 0. The van der Waals surface area contributed by atoms with Gasteiger partial charge >= 0.3 is 10.5 Å². The zero-order chi connectivity index (χ0) is 5.86. The highest BCUT2D eigenvalue weighted by Gasteiger charge is 1.82. The summed E-state index contributed by atoms with van der Waals surface area (Å²) in [5, 5.41) is 0. The van der Waals surface area contributed by atoms with Crippen molar-refractivity contribution in [3.8, 4) is 0 Å². The molecule has 0 saturated carbocycles. The van der Waals surface area contributed by atoms with Crippen molar-refractivity contribution in [3.63, 3.8) is 0 Å². The molecule has 7 heavy (non-hydrogen) atoms. The third kappa shape index (κ3) is 5.62. The van der Waals surface area contributed by atoms with E-state index in [4.69, 9.17) is 0 Å². The summed E-state index contributed by atoms with van der Waals surface area (Å²) in [6.07, 6.45) is 0. The lowest BCUT2D eigenvalue weighted by molar-refractivity contribution is 0.617. The second-order valence-electron chi connectivity index (χ2n) is 1.42. The van der Waals surface area contributed by atoms with Gasteiger partial charge in [0.05, 0.1) is 6.04 Å². The maximum Gasteiger partial charge on any atom is 0.311 e. The molecule has 0 heterocycles. The molecule has 0 aromatic carbocycles. The number of nitrogens with zero attached hydrogens (tertiary/aromatic N) is 1. The van der Waals surface area contributed by atoms with Crippen LogP contribution in [0.5, 0.6) is 0 Å². The Bertz CT molecular complexity index is 148. The molecular weight excluding hydrogens is 114 g/mol. The Labute approximate surface area is 44.1 Å². The highest BCUT2D eigenvalue weighted by Crippen LogP contribution is 1.81. The monoisotopic (exact) mass is 121 g/mol. The van der Waals surface area contributed by atoms with Gasteiger partial charge in [0.25, 0.3) is 0 Å². The molecule has 0 atom stereocenters. The summed E-state index contributed by atoms with van der Waals surface area (Å²) < 4.78 is 22.5. The SMILES string of the molecule is CC(C)N=S(=O)=O. The topological polar surface area (TPSA) is 46.5 Å². The van der Waals surface area contributed by atoms with Crippen LogP contribution in [-0.4, -0.2) is 14.5 Å². The van der Waals surface area contributed by atoms with E-state index in [9.17, 15) is 8.42 Å². The Hall–Kier alpha value is -0.380. The molecule has 0 aliphatic carbocycles. The fourth-order valence-corrected chi connectivity index (χ4v) is 0.516. The van der Waals surface area contributed by atoms with E-state index in [1.165, 1.54) is 0 Å². The van der Waals surface area contributed by atoms with Crippen molar-refractivity contribution in [2.45, 2.75) is 19.9 Å². The van der Waals surface area contributed by atoms with Gasteiger partial charge in [-0.05, 0) is 13.8 Å². The van der Waals surface area contributed by atoms with Crippen molar-refractivity contribution in [2.75, 3.05) is 0 Å². The zero-order valence-corrected chi connectivity index (χ0v) is 5.07. The van der Waals surface area contributed by atoms with Crippen molar-refractivity contribution in [1.29, 1.82) is 0 Å². The van der Waals surface area contributed by atoms with Crippen LogP contribution in [-0.2, 0) is 10.5 Å². The fourth-order valence-electron chi connectivity index (χ4n) is 0.172. The zero-order valence-electron chi connectivity index (χ0n) is 4.25. The van der Waals surface area contributed by atoms with Crippen LogP contribution in [0.1, 0.15) is 13.8 Å². The molecule has 0 amide bonds. The largest absolute Gasteiger partial charge is 0.311 e. The van der Waals surface area contributed by atoms with Gasteiger partial charge in [0.2, 0.25) is 0 Å². The van der Waals surface area contributed by atoms with Gasteiger partial charge in [-0.15, -0.1) is 0 Å². The van der Waals surface area contributed by atoms with E-state index in [0.29, 0.717) is 0 Å². The van der Waals surface area contributed by atoms with Crippen molar-refractivity contribution >= 4 is 10.5 Å². The first kappa shape index (κ1) is 6.62. The highest BCUT2D eigenvalue weighted by molar-refractivity contribution is 7.61. The molecule has 0 spiro atoms. The summed E-state index contributed by atoms with van der Waals surface area (Å²) in [5.74, 6) is 0. The molecular formula is C3H7NO2S. The van der Waals surface area contributed by atoms with Crippen LogP contribution < -0.4 is 0 Å². The molecule has 0 aromatic rings. The van der Waals surface area contributed by atoms with Gasteiger partial charge in [0.1, 0.15) is 0 Å².